The fourth-order valence-corrected chi connectivity index (χ4v) is 2.56. The minimum Gasteiger partial charge on any atom is -0.496 e. The summed E-state index contributed by atoms with van der Waals surface area (Å²) in [6, 6.07) is 7.13. The lowest BCUT2D eigenvalue weighted by Gasteiger charge is -2.14. The quantitative estimate of drug-likeness (QED) is 0.601. The van der Waals surface area contributed by atoms with E-state index in [4.69, 9.17) is 39.5 Å². The van der Waals surface area contributed by atoms with E-state index in [2.05, 4.69) is 0 Å². The van der Waals surface area contributed by atoms with Crippen molar-refractivity contribution >= 4 is 34.8 Å². The number of ether oxygens (including phenoxy) is 1. The predicted molar refractivity (Wildman–Crippen MR) is 78.4 cm³/mol. The highest BCUT2D eigenvalue weighted by Crippen LogP contribution is 2.43. The molecular weight excluding hydrogens is 329 g/mol. The van der Waals surface area contributed by atoms with Crippen LogP contribution in [0, 0.1) is 0 Å². The summed E-state index contributed by atoms with van der Waals surface area (Å²) >= 11 is 18.2. The van der Waals surface area contributed by atoms with Crippen LogP contribution in [0.4, 0.5) is 8.78 Å². The molecule has 0 spiro atoms. The molecule has 20 heavy (non-hydrogen) atoms. The van der Waals surface area contributed by atoms with Crippen LogP contribution < -0.4 is 4.74 Å². The van der Waals surface area contributed by atoms with E-state index in [9.17, 15) is 8.78 Å². The smallest absolute Gasteiger partial charge is 0.263 e. The second kappa shape index (κ2) is 6.17. The molecule has 0 radical (unpaired) electrons. The molecule has 106 valence electrons. The zero-order valence-corrected chi connectivity index (χ0v) is 12.5. The first-order valence-electron chi connectivity index (χ1n) is 5.55. The zero-order chi connectivity index (χ0) is 14.9. The molecule has 0 bridgehead atoms. The van der Waals surface area contributed by atoms with Crippen LogP contribution in [0.5, 0.6) is 5.75 Å². The van der Waals surface area contributed by atoms with E-state index in [1.807, 2.05) is 0 Å². The molecule has 0 aliphatic heterocycles. The van der Waals surface area contributed by atoms with Crippen molar-refractivity contribution < 1.29 is 13.5 Å². The average molecular weight is 338 g/mol. The highest BCUT2D eigenvalue weighted by atomic mass is 35.5. The van der Waals surface area contributed by atoms with E-state index in [0.717, 1.165) is 0 Å². The molecule has 2 rings (SSSR count). The lowest BCUT2D eigenvalue weighted by molar-refractivity contribution is 0.151. The van der Waals surface area contributed by atoms with Gasteiger partial charge in [0, 0.05) is 16.7 Å². The van der Waals surface area contributed by atoms with Gasteiger partial charge in [0.1, 0.15) is 5.75 Å². The maximum absolute atomic E-state index is 12.8. The van der Waals surface area contributed by atoms with Crippen molar-refractivity contribution in [1.29, 1.82) is 0 Å². The maximum Gasteiger partial charge on any atom is 0.263 e. The van der Waals surface area contributed by atoms with Gasteiger partial charge in [-0.25, -0.2) is 8.78 Å². The van der Waals surface area contributed by atoms with E-state index in [1.54, 1.807) is 12.1 Å². The highest BCUT2D eigenvalue weighted by Gasteiger charge is 2.18. The van der Waals surface area contributed by atoms with Crippen molar-refractivity contribution in [3.63, 3.8) is 0 Å². The van der Waals surface area contributed by atoms with Gasteiger partial charge in [-0.1, -0.05) is 34.8 Å². The number of hydrogen-bond acceptors (Lipinski definition) is 1. The van der Waals surface area contributed by atoms with Crippen molar-refractivity contribution in [2.75, 3.05) is 7.11 Å². The fraction of sp³-hybridized carbons (Fsp3) is 0.143. The highest BCUT2D eigenvalue weighted by molar-refractivity contribution is 6.46. The summed E-state index contributed by atoms with van der Waals surface area (Å²) in [5.74, 6) is 0.389. The Balaban J connectivity index is 2.74. The van der Waals surface area contributed by atoms with Crippen LogP contribution in [0.15, 0.2) is 30.3 Å². The molecule has 0 aliphatic carbocycles. The van der Waals surface area contributed by atoms with Crippen LogP contribution in [0.25, 0.3) is 11.1 Å². The average Bonchev–Trinajstić information content (AvgIpc) is 2.43. The Bertz CT molecular complexity index is 645. The Labute approximate surface area is 130 Å². The monoisotopic (exact) mass is 336 g/mol. The van der Waals surface area contributed by atoms with Gasteiger partial charge in [-0.3, -0.25) is 0 Å². The van der Waals surface area contributed by atoms with Crippen LogP contribution in [-0.2, 0) is 0 Å². The van der Waals surface area contributed by atoms with Crippen molar-refractivity contribution in [2.24, 2.45) is 0 Å². The molecule has 0 fully saturated rings. The second-order valence-corrected chi connectivity index (χ2v) is 5.17. The molecule has 0 amide bonds. The summed E-state index contributed by atoms with van der Waals surface area (Å²) in [4.78, 5) is 0. The molecule has 0 saturated heterocycles. The molecule has 2 aromatic rings. The molecule has 0 aromatic heterocycles. The van der Waals surface area contributed by atoms with Crippen molar-refractivity contribution in [1.82, 2.24) is 0 Å². The SMILES string of the molecule is COc1ccc(C(F)F)cc1-c1c(Cl)ccc(Cl)c1Cl. The van der Waals surface area contributed by atoms with E-state index in [0.29, 0.717) is 21.9 Å². The Morgan fingerprint density at radius 1 is 1.00 bits per heavy atom. The maximum atomic E-state index is 12.8. The molecule has 0 heterocycles. The summed E-state index contributed by atoms with van der Waals surface area (Å²) in [6.07, 6.45) is -2.60. The van der Waals surface area contributed by atoms with Crippen molar-refractivity contribution in [3.8, 4) is 16.9 Å². The third kappa shape index (κ3) is 2.85. The first kappa shape index (κ1) is 15.4. The van der Waals surface area contributed by atoms with E-state index in [1.165, 1.54) is 25.3 Å². The van der Waals surface area contributed by atoms with Gasteiger partial charge in [0.05, 0.1) is 22.2 Å². The Hall–Kier alpha value is -1.03. The molecule has 0 unspecified atom stereocenters. The number of methoxy groups -OCH3 is 1. The summed E-state index contributed by atoms with van der Waals surface area (Å²) in [5.41, 5.74) is 0.607. The van der Waals surface area contributed by atoms with Gasteiger partial charge in [-0.15, -0.1) is 0 Å². The number of benzene rings is 2. The van der Waals surface area contributed by atoms with E-state index in [-0.39, 0.29) is 15.6 Å². The lowest BCUT2D eigenvalue weighted by Crippen LogP contribution is -1.93. The summed E-state index contributed by atoms with van der Waals surface area (Å²) in [7, 11) is 1.44. The molecular formula is C14H9Cl3F2O. The summed E-state index contributed by atoms with van der Waals surface area (Å²) in [5, 5.41) is 0.795. The van der Waals surface area contributed by atoms with Gasteiger partial charge in [0.2, 0.25) is 0 Å². The summed E-state index contributed by atoms with van der Waals surface area (Å²) < 4.78 is 30.9. The fourth-order valence-electron chi connectivity index (χ4n) is 1.83. The Morgan fingerprint density at radius 2 is 1.65 bits per heavy atom. The normalized spacial score (nSPS) is 10.9. The molecule has 6 heteroatoms. The van der Waals surface area contributed by atoms with Gasteiger partial charge in [-0.05, 0) is 30.3 Å². The van der Waals surface area contributed by atoms with E-state index < -0.39 is 6.43 Å². The Morgan fingerprint density at radius 3 is 2.25 bits per heavy atom. The van der Waals surface area contributed by atoms with Crippen molar-refractivity contribution in [2.45, 2.75) is 6.43 Å². The third-order valence-electron chi connectivity index (χ3n) is 2.79. The first-order chi connectivity index (χ1) is 9.45. The largest absolute Gasteiger partial charge is 0.496 e. The number of hydrogen-bond donors (Lipinski definition) is 0. The second-order valence-electron chi connectivity index (χ2n) is 3.98. The van der Waals surface area contributed by atoms with E-state index >= 15 is 0 Å². The minimum atomic E-state index is -2.60. The number of halogens is 5. The van der Waals surface area contributed by atoms with Crippen LogP contribution in [0.2, 0.25) is 15.1 Å². The topological polar surface area (TPSA) is 9.23 Å². The van der Waals surface area contributed by atoms with Gasteiger partial charge in [0.25, 0.3) is 6.43 Å². The van der Waals surface area contributed by atoms with Crippen LogP contribution in [0.1, 0.15) is 12.0 Å². The molecule has 0 atom stereocenters. The van der Waals surface area contributed by atoms with Crippen LogP contribution in [0.3, 0.4) is 0 Å². The molecule has 1 nitrogen and oxygen atoms in total. The number of alkyl halides is 2. The van der Waals surface area contributed by atoms with Crippen LogP contribution >= 0.6 is 34.8 Å². The lowest BCUT2D eigenvalue weighted by atomic mass is 10.0. The standard InChI is InChI=1S/C14H9Cl3F2O/c1-20-11-5-2-7(14(18)19)6-8(11)12-9(15)3-4-10(16)13(12)17/h2-6,14H,1H3. The zero-order valence-electron chi connectivity index (χ0n) is 10.3. The Kier molecular flexibility index (Phi) is 4.74. The van der Waals surface area contributed by atoms with Crippen LogP contribution in [-0.4, -0.2) is 7.11 Å². The summed E-state index contributed by atoms with van der Waals surface area (Å²) in [6.45, 7) is 0. The molecule has 2 aromatic carbocycles. The van der Waals surface area contributed by atoms with Gasteiger partial charge < -0.3 is 4.74 Å². The van der Waals surface area contributed by atoms with Gasteiger partial charge >= 0.3 is 0 Å². The predicted octanol–water partition coefficient (Wildman–Crippen LogP) is 6.26. The van der Waals surface area contributed by atoms with Crippen molar-refractivity contribution in [3.05, 3.63) is 51.0 Å². The van der Waals surface area contributed by atoms with Gasteiger partial charge in [0.15, 0.2) is 0 Å². The van der Waals surface area contributed by atoms with Gasteiger partial charge in [-0.2, -0.15) is 0 Å². The molecule has 0 aliphatic rings. The molecule has 0 N–H and O–H groups in total. The third-order valence-corrected chi connectivity index (χ3v) is 3.91. The number of rotatable bonds is 3. The molecule has 0 saturated carbocycles. The first-order valence-corrected chi connectivity index (χ1v) is 6.69. The minimum absolute atomic E-state index is 0.145.